The molecule has 2 unspecified atom stereocenters. The van der Waals surface area contributed by atoms with Gasteiger partial charge in [-0.25, -0.2) is 28.2 Å². The van der Waals surface area contributed by atoms with Gasteiger partial charge in [-0.15, -0.1) is 5.10 Å². The van der Waals surface area contributed by atoms with Crippen molar-refractivity contribution in [2.24, 2.45) is 29.2 Å². The SMILES string of the molecule is CCCN(CCC)CCCC[C@H](C(=O)NCC(=O)NCOC/C=C/c1c2c(nc3cc4c(cc13)OCO4)-c1cc3c(c(=O)n1C2)COC(=O)[C@]3(O)CC)C(N)[C@@H](C(C)C)C(N)CCCCCn1cc(-c2cnc(S(C)(=O)=O)nc2)nn1. The Morgan fingerprint density at radius 3 is 2.37 bits per heavy atom. The molecule has 4 aromatic heterocycles. The largest absolute Gasteiger partial charge is 0.458 e. The maximum atomic E-state index is 14.2. The van der Waals surface area contributed by atoms with Gasteiger partial charge in [0.25, 0.3) is 5.56 Å². The molecule has 2 amide bonds. The smallest absolute Gasteiger partial charge is 0.343 e. The number of unbranched alkanes of at least 4 members (excludes halogenated alkanes) is 3. The van der Waals surface area contributed by atoms with Crippen LogP contribution >= 0.6 is 0 Å². The molecule has 24 heteroatoms. The van der Waals surface area contributed by atoms with Gasteiger partial charge < -0.3 is 55.6 Å². The molecule has 0 aliphatic carbocycles. The number of hydrogen-bond donors (Lipinski definition) is 5. The maximum absolute atomic E-state index is 14.2. The highest BCUT2D eigenvalue weighted by molar-refractivity contribution is 7.90. The zero-order valence-corrected chi connectivity index (χ0v) is 48.1. The van der Waals surface area contributed by atoms with E-state index in [0.29, 0.717) is 59.0 Å². The molecule has 0 saturated carbocycles. The average molecular weight is 1140 g/mol. The molecule has 3 aliphatic heterocycles. The van der Waals surface area contributed by atoms with Gasteiger partial charge in [-0.05, 0) is 94.1 Å². The van der Waals surface area contributed by atoms with Gasteiger partial charge >= 0.3 is 5.97 Å². The van der Waals surface area contributed by atoms with Gasteiger partial charge in [-0.1, -0.05) is 71.2 Å². The molecule has 5 atom stereocenters. The molecule has 438 valence electrons. The molecule has 1 aromatic carbocycles. The van der Waals surface area contributed by atoms with Crippen LogP contribution < -0.4 is 37.1 Å². The minimum Gasteiger partial charge on any atom is -0.458 e. The predicted molar refractivity (Wildman–Crippen MR) is 303 cm³/mol. The summed E-state index contributed by atoms with van der Waals surface area (Å²) in [6, 6.07) is 4.45. The van der Waals surface area contributed by atoms with Gasteiger partial charge in [-0.3, -0.25) is 19.1 Å². The first kappa shape index (κ1) is 60.4. The third kappa shape index (κ3) is 14.0. The lowest BCUT2D eigenvalue weighted by atomic mass is 9.74. The number of aliphatic hydroxyl groups is 1. The fraction of sp³-hybridized carbons (Fsp3) is 0.561. The number of benzene rings is 1. The first-order chi connectivity index (χ1) is 38.9. The summed E-state index contributed by atoms with van der Waals surface area (Å²) in [7, 11) is -3.52. The van der Waals surface area contributed by atoms with Crippen LogP contribution in [0.1, 0.15) is 121 Å². The predicted octanol–water partition coefficient (Wildman–Crippen LogP) is 4.58. The van der Waals surface area contributed by atoms with Crippen molar-refractivity contribution in [1.82, 2.24) is 50.0 Å². The van der Waals surface area contributed by atoms with E-state index < -0.39 is 39.3 Å². The maximum Gasteiger partial charge on any atom is 0.343 e. The third-order valence-electron chi connectivity index (χ3n) is 15.6. The highest BCUT2D eigenvalue weighted by Gasteiger charge is 2.46. The summed E-state index contributed by atoms with van der Waals surface area (Å²) >= 11 is 0. The van der Waals surface area contributed by atoms with Crippen LogP contribution in [0.4, 0.5) is 0 Å². The van der Waals surface area contributed by atoms with Crippen molar-refractivity contribution >= 4 is 44.6 Å². The highest BCUT2D eigenvalue weighted by atomic mass is 32.2. The summed E-state index contributed by atoms with van der Waals surface area (Å²) in [6.07, 6.45) is 16.9. The van der Waals surface area contributed by atoms with E-state index >= 15 is 0 Å². The van der Waals surface area contributed by atoms with Crippen LogP contribution in [0.15, 0.2) is 52.8 Å². The van der Waals surface area contributed by atoms with Gasteiger partial charge in [0.05, 0.1) is 54.3 Å². The number of aryl methyl sites for hydroxylation is 1. The van der Waals surface area contributed by atoms with Crippen molar-refractivity contribution in [3.63, 3.8) is 0 Å². The molecule has 7 N–H and O–H groups in total. The second-order valence-corrected chi connectivity index (χ2v) is 23.6. The van der Waals surface area contributed by atoms with Gasteiger partial charge in [0.15, 0.2) is 17.1 Å². The molecule has 0 saturated heterocycles. The topological polar surface area (TPSA) is 313 Å². The molecule has 7 heterocycles. The Bertz CT molecular complexity index is 3250. The Kier molecular flexibility index (Phi) is 20.1. The Balaban J connectivity index is 0.861. The number of hydrogen-bond acceptors (Lipinski definition) is 19. The number of pyridine rings is 2. The number of esters is 1. The van der Waals surface area contributed by atoms with E-state index in [2.05, 4.69) is 63.5 Å². The molecule has 0 bridgehead atoms. The number of nitrogens with zero attached hydrogens (tertiary/aromatic N) is 8. The fourth-order valence-corrected chi connectivity index (χ4v) is 11.8. The number of cyclic esters (lactones) is 1. The lowest BCUT2D eigenvalue weighted by Gasteiger charge is -2.37. The molecule has 3 aliphatic rings. The van der Waals surface area contributed by atoms with Gasteiger partial charge in [0, 0.05) is 65.4 Å². The summed E-state index contributed by atoms with van der Waals surface area (Å²) in [5.74, 6) is -1.14. The monoisotopic (exact) mass is 1140 g/mol. The molecular formula is C57H78N12O11S. The Hall–Kier alpha value is -6.70. The fourth-order valence-electron chi connectivity index (χ4n) is 11.3. The molecule has 81 heavy (non-hydrogen) atoms. The first-order valence-corrected chi connectivity index (χ1v) is 30.1. The molecule has 5 aromatic rings. The molecule has 0 fully saturated rings. The van der Waals surface area contributed by atoms with E-state index in [1.54, 1.807) is 40.6 Å². The van der Waals surface area contributed by atoms with E-state index in [1.165, 1.54) is 12.4 Å². The molecule has 0 radical (unpaired) electrons. The van der Waals surface area contributed by atoms with E-state index in [9.17, 15) is 32.7 Å². The number of carbonyl (C=O) groups excluding carboxylic acids is 3. The lowest BCUT2D eigenvalue weighted by Crippen LogP contribution is -2.53. The summed E-state index contributed by atoms with van der Waals surface area (Å²) in [6.45, 7) is 13.4. The Morgan fingerprint density at radius 2 is 1.67 bits per heavy atom. The van der Waals surface area contributed by atoms with Crippen LogP contribution in [-0.4, -0.2) is 135 Å². The van der Waals surface area contributed by atoms with E-state index in [1.807, 2.05) is 12.1 Å². The number of fused-ring (bicyclic) bond motifs is 6. The average Bonchev–Trinajstić information content (AvgIpc) is 4.11. The van der Waals surface area contributed by atoms with Crippen LogP contribution in [0, 0.1) is 17.8 Å². The summed E-state index contributed by atoms with van der Waals surface area (Å²) in [5, 5.41) is 25.9. The van der Waals surface area contributed by atoms with Crippen molar-refractivity contribution in [3.8, 4) is 34.1 Å². The van der Waals surface area contributed by atoms with Gasteiger partial charge in [-0.2, -0.15) is 0 Å². The lowest BCUT2D eigenvalue weighted by molar-refractivity contribution is -0.172. The van der Waals surface area contributed by atoms with Gasteiger partial charge in [0.1, 0.15) is 19.0 Å². The van der Waals surface area contributed by atoms with Crippen molar-refractivity contribution in [2.45, 2.75) is 141 Å². The van der Waals surface area contributed by atoms with Crippen LogP contribution in [-0.2, 0) is 59.0 Å². The Morgan fingerprint density at radius 1 is 0.938 bits per heavy atom. The number of nitrogens with one attached hydrogen (secondary N) is 2. The van der Waals surface area contributed by atoms with Crippen LogP contribution in [0.3, 0.4) is 0 Å². The molecule has 8 rings (SSSR count). The normalized spacial score (nSPS) is 17.0. The van der Waals surface area contributed by atoms with Crippen molar-refractivity contribution in [2.75, 3.05) is 52.6 Å². The van der Waals surface area contributed by atoms with E-state index in [4.69, 9.17) is 35.4 Å². The number of sulfone groups is 1. The standard InChI is InChI=1S/C57H78N12O11S/c1-7-19-67(20-8-2)21-14-12-16-38(51(59)50(35(4)5)43(58)18-11-10-13-22-68-31-45(65-66-68)36-27-61-56(62-28-36)81(6,75)76)53(71)60-29-49(70)63-33-77-23-15-17-37-39-24-47-48(80-34-79-47)26-44(39)64-52-40(37)30-69-46(52)25-42-41(54(69)72)32-78-55(73)57(42,74)9-3/h15,17,24-28,31,35,38,43,50-51,74H,7-14,16,18-23,29-30,32-34,58-59H2,1-6H3,(H,60,71)(H,63,70)/b17-15+/t38-,43?,50-,51?,57-/m0/s1. The highest BCUT2D eigenvalue weighted by Crippen LogP contribution is 2.43. The zero-order valence-electron chi connectivity index (χ0n) is 47.3. The third-order valence-corrected chi connectivity index (χ3v) is 16.4. The van der Waals surface area contributed by atoms with Crippen molar-refractivity contribution < 1.29 is 46.9 Å². The molecular weight excluding hydrogens is 1060 g/mol. The van der Waals surface area contributed by atoms with E-state index in [-0.39, 0.29) is 91.9 Å². The minimum absolute atomic E-state index is 0.0180. The van der Waals surface area contributed by atoms with Crippen LogP contribution in [0.25, 0.3) is 39.6 Å². The number of aromatic nitrogens is 7. The van der Waals surface area contributed by atoms with Gasteiger partial charge in [0.2, 0.25) is 33.6 Å². The second-order valence-electron chi connectivity index (χ2n) is 21.7. The summed E-state index contributed by atoms with van der Waals surface area (Å²) < 4.78 is 49.3. The van der Waals surface area contributed by atoms with Crippen LogP contribution in [0.5, 0.6) is 11.5 Å². The molecule has 0 spiro atoms. The second kappa shape index (κ2) is 26.9. The number of nitrogens with two attached hydrogens (primary N) is 2. The van der Waals surface area contributed by atoms with Crippen molar-refractivity contribution in [1.29, 1.82) is 0 Å². The number of rotatable bonds is 30. The van der Waals surface area contributed by atoms with E-state index in [0.717, 1.165) is 87.3 Å². The summed E-state index contributed by atoms with van der Waals surface area (Å²) in [5.41, 5.74) is 16.3. The Labute approximate surface area is 472 Å². The molecule has 23 nitrogen and oxygen atoms in total. The van der Waals surface area contributed by atoms with Crippen molar-refractivity contribution in [3.05, 3.63) is 75.5 Å². The quantitative estimate of drug-likeness (QED) is 0.0178. The number of carbonyl (C=O) groups is 3. The number of amides is 2. The zero-order chi connectivity index (χ0) is 58.0. The van der Waals surface area contributed by atoms with Crippen LogP contribution in [0.2, 0.25) is 0 Å². The minimum atomic E-state index is -3.52. The first-order valence-electron chi connectivity index (χ1n) is 28.2. The number of ether oxygens (including phenoxy) is 4. The summed E-state index contributed by atoms with van der Waals surface area (Å²) in [4.78, 5) is 69.5.